The van der Waals surface area contributed by atoms with Crippen molar-refractivity contribution < 1.29 is 19.0 Å². The van der Waals surface area contributed by atoms with Crippen LogP contribution in [0.15, 0.2) is 42.5 Å². The normalized spacial score (nSPS) is 10.1. The summed E-state index contributed by atoms with van der Waals surface area (Å²) in [5.41, 5.74) is 1.90. The van der Waals surface area contributed by atoms with Gasteiger partial charge in [0, 0.05) is 0 Å². The van der Waals surface area contributed by atoms with Gasteiger partial charge in [-0.15, -0.1) is 0 Å². The van der Waals surface area contributed by atoms with Crippen LogP contribution in [0.3, 0.4) is 0 Å². The van der Waals surface area contributed by atoms with E-state index < -0.39 is 0 Å². The number of methoxy groups -OCH3 is 1. The monoisotopic (exact) mass is 300 g/mol. The standard InChI is InChI=1S/C18H20O4/c1-4-21-17(19)12-14-8-10-15(11-9-14)22-16-7-5-6-13(2)18(16)20-3/h5-11H,4,12H2,1-3H3. The molecule has 2 aromatic carbocycles. The van der Waals surface area contributed by atoms with Gasteiger partial charge in [0.15, 0.2) is 11.5 Å². The van der Waals surface area contributed by atoms with Crippen molar-refractivity contribution in [2.75, 3.05) is 13.7 Å². The first-order chi connectivity index (χ1) is 10.6. The molecular weight excluding hydrogens is 280 g/mol. The van der Waals surface area contributed by atoms with E-state index in [1.807, 2.05) is 49.4 Å². The number of aryl methyl sites for hydroxylation is 1. The average Bonchev–Trinajstić information content (AvgIpc) is 2.50. The van der Waals surface area contributed by atoms with Crippen molar-refractivity contribution in [1.82, 2.24) is 0 Å². The Morgan fingerprint density at radius 1 is 1.09 bits per heavy atom. The molecule has 0 N–H and O–H groups in total. The summed E-state index contributed by atoms with van der Waals surface area (Å²) in [6.45, 7) is 4.16. The molecule has 0 aliphatic heterocycles. The van der Waals surface area contributed by atoms with Gasteiger partial charge in [0.2, 0.25) is 0 Å². The highest BCUT2D eigenvalue weighted by atomic mass is 16.5. The first-order valence-electron chi connectivity index (χ1n) is 7.20. The molecule has 116 valence electrons. The zero-order valence-electron chi connectivity index (χ0n) is 13.1. The Kier molecular flexibility index (Phi) is 5.42. The van der Waals surface area contributed by atoms with Gasteiger partial charge in [-0.2, -0.15) is 0 Å². The third kappa shape index (κ3) is 4.01. The number of para-hydroxylation sites is 1. The maximum atomic E-state index is 11.4. The Bertz CT molecular complexity index is 632. The number of ether oxygens (including phenoxy) is 3. The fourth-order valence-electron chi connectivity index (χ4n) is 2.15. The van der Waals surface area contributed by atoms with Gasteiger partial charge in [0.05, 0.1) is 20.1 Å². The number of esters is 1. The summed E-state index contributed by atoms with van der Waals surface area (Å²) >= 11 is 0. The van der Waals surface area contributed by atoms with Crippen LogP contribution in [0.2, 0.25) is 0 Å². The molecule has 0 unspecified atom stereocenters. The minimum Gasteiger partial charge on any atom is -0.493 e. The molecule has 0 aliphatic rings. The minimum absolute atomic E-state index is 0.225. The summed E-state index contributed by atoms with van der Waals surface area (Å²) in [6, 6.07) is 13.1. The van der Waals surface area contributed by atoms with Crippen LogP contribution in [-0.4, -0.2) is 19.7 Å². The van der Waals surface area contributed by atoms with Gasteiger partial charge in [-0.1, -0.05) is 24.3 Å². The first kappa shape index (κ1) is 15.9. The van der Waals surface area contributed by atoms with Gasteiger partial charge in [0.1, 0.15) is 5.75 Å². The SMILES string of the molecule is CCOC(=O)Cc1ccc(Oc2cccc(C)c2OC)cc1. The van der Waals surface area contributed by atoms with E-state index in [4.69, 9.17) is 14.2 Å². The largest absolute Gasteiger partial charge is 0.493 e. The number of rotatable bonds is 6. The highest BCUT2D eigenvalue weighted by Gasteiger charge is 2.09. The Labute approximate surface area is 130 Å². The summed E-state index contributed by atoms with van der Waals surface area (Å²) in [5.74, 6) is 1.85. The van der Waals surface area contributed by atoms with Crippen molar-refractivity contribution in [3.63, 3.8) is 0 Å². The van der Waals surface area contributed by atoms with E-state index in [0.29, 0.717) is 18.1 Å². The van der Waals surface area contributed by atoms with Crippen molar-refractivity contribution >= 4 is 5.97 Å². The maximum Gasteiger partial charge on any atom is 0.310 e. The number of carbonyl (C=O) groups excluding carboxylic acids is 1. The summed E-state index contributed by atoms with van der Waals surface area (Å²) in [7, 11) is 1.62. The third-order valence-electron chi connectivity index (χ3n) is 3.18. The van der Waals surface area contributed by atoms with Crippen LogP contribution in [0.5, 0.6) is 17.2 Å². The van der Waals surface area contributed by atoms with Crippen LogP contribution in [0.25, 0.3) is 0 Å². The fraction of sp³-hybridized carbons (Fsp3) is 0.278. The zero-order valence-corrected chi connectivity index (χ0v) is 13.1. The molecule has 0 saturated heterocycles. The van der Waals surface area contributed by atoms with Crippen molar-refractivity contribution in [2.45, 2.75) is 20.3 Å². The molecule has 0 spiro atoms. The molecule has 2 rings (SSSR count). The molecule has 0 heterocycles. The van der Waals surface area contributed by atoms with E-state index in [0.717, 1.165) is 16.9 Å². The van der Waals surface area contributed by atoms with Crippen molar-refractivity contribution in [3.05, 3.63) is 53.6 Å². The molecule has 4 heteroatoms. The Hall–Kier alpha value is -2.49. The van der Waals surface area contributed by atoms with E-state index in [-0.39, 0.29) is 12.4 Å². The molecule has 0 bridgehead atoms. The molecule has 0 amide bonds. The van der Waals surface area contributed by atoms with Crippen LogP contribution >= 0.6 is 0 Å². The number of hydrogen-bond donors (Lipinski definition) is 0. The van der Waals surface area contributed by atoms with E-state index in [1.165, 1.54) is 0 Å². The summed E-state index contributed by atoms with van der Waals surface area (Å²) in [6.07, 6.45) is 0.266. The molecule has 2 aromatic rings. The Balaban J connectivity index is 2.09. The Morgan fingerprint density at radius 3 is 2.45 bits per heavy atom. The molecule has 22 heavy (non-hydrogen) atoms. The second-order valence-electron chi connectivity index (χ2n) is 4.83. The fourth-order valence-corrected chi connectivity index (χ4v) is 2.15. The first-order valence-corrected chi connectivity index (χ1v) is 7.20. The van der Waals surface area contributed by atoms with Crippen LogP contribution in [0.4, 0.5) is 0 Å². The van der Waals surface area contributed by atoms with Gasteiger partial charge < -0.3 is 14.2 Å². The smallest absolute Gasteiger partial charge is 0.310 e. The summed E-state index contributed by atoms with van der Waals surface area (Å²) in [4.78, 5) is 11.4. The highest BCUT2D eigenvalue weighted by Crippen LogP contribution is 2.34. The number of carbonyl (C=O) groups is 1. The van der Waals surface area contributed by atoms with Crippen molar-refractivity contribution in [2.24, 2.45) is 0 Å². The molecule has 0 atom stereocenters. The molecular formula is C18H20O4. The summed E-state index contributed by atoms with van der Waals surface area (Å²) in [5, 5.41) is 0. The van der Waals surface area contributed by atoms with Gasteiger partial charge in [-0.3, -0.25) is 4.79 Å². The van der Waals surface area contributed by atoms with Gasteiger partial charge in [0.25, 0.3) is 0 Å². The second kappa shape index (κ2) is 7.50. The molecule has 0 saturated carbocycles. The minimum atomic E-state index is -0.225. The molecule has 0 aromatic heterocycles. The van der Waals surface area contributed by atoms with Crippen LogP contribution in [-0.2, 0) is 16.0 Å². The Morgan fingerprint density at radius 2 is 1.82 bits per heavy atom. The predicted molar refractivity (Wildman–Crippen MR) is 84.6 cm³/mol. The lowest BCUT2D eigenvalue weighted by Crippen LogP contribution is -2.07. The van der Waals surface area contributed by atoms with E-state index >= 15 is 0 Å². The highest BCUT2D eigenvalue weighted by molar-refractivity contribution is 5.72. The topological polar surface area (TPSA) is 44.8 Å². The molecule has 0 aliphatic carbocycles. The van der Waals surface area contributed by atoms with Gasteiger partial charge in [-0.25, -0.2) is 0 Å². The van der Waals surface area contributed by atoms with Crippen molar-refractivity contribution in [3.8, 4) is 17.2 Å². The van der Waals surface area contributed by atoms with E-state index in [9.17, 15) is 4.79 Å². The van der Waals surface area contributed by atoms with Gasteiger partial charge >= 0.3 is 5.97 Å². The zero-order chi connectivity index (χ0) is 15.9. The van der Waals surface area contributed by atoms with Gasteiger partial charge in [-0.05, 0) is 43.2 Å². The van der Waals surface area contributed by atoms with E-state index in [2.05, 4.69) is 0 Å². The van der Waals surface area contributed by atoms with Crippen molar-refractivity contribution in [1.29, 1.82) is 0 Å². The maximum absolute atomic E-state index is 11.4. The molecule has 0 radical (unpaired) electrons. The lowest BCUT2D eigenvalue weighted by molar-refractivity contribution is -0.142. The predicted octanol–water partition coefficient (Wildman–Crippen LogP) is 3.90. The van der Waals surface area contributed by atoms with Crippen LogP contribution < -0.4 is 9.47 Å². The lowest BCUT2D eigenvalue weighted by Gasteiger charge is -2.12. The number of benzene rings is 2. The molecule has 0 fully saturated rings. The second-order valence-corrected chi connectivity index (χ2v) is 4.83. The average molecular weight is 300 g/mol. The lowest BCUT2D eigenvalue weighted by atomic mass is 10.1. The molecule has 4 nitrogen and oxygen atoms in total. The van der Waals surface area contributed by atoms with Crippen LogP contribution in [0.1, 0.15) is 18.1 Å². The van der Waals surface area contributed by atoms with E-state index in [1.54, 1.807) is 14.0 Å². The summed E-state index contributed by atoms with van der Waals surface area (Å²) < 4.78 is 16.1. The third-order valence-corrected chi connectivity index (χ3v) is 3.18. The quantitative estimate of drug-likeness (QED) is 0.759. The van der Waals surface area contributed by atoms with Crippen LogP contribution in [0, 0.1) is 6.92 Å². The number of hydrogen-bond acceptors (Lipinski definition) is 4.